The molecule has 1 atom stereocenters. The first kappa shape index (κ1) is 20.3. The smallest absolute Gasteiger partial charge is 0.291 e. The molecule has 9 heteroatoms. The standard InChI is InChI=1S/C23H22N6O2S/c1-28-9-8-15-11-18-19(12-17(15)28)32-13-16(23(31)29(18)2)24-22(30)21-25-20(26-27-21)10-14-6-4-3-5-7-14/h3-9,11-12,16H,10,13H2,1-2H3,(H,24,30)(H,25,26,27)/t16-/m0/s1. The Morgan fingerprint density at radius 2 is 2.03 bits per heavy atom. The van der Waals surface area contributed by atoms with E-state index in [1.165, 1.54) is 0 Å². The summed E-state index contributed by atoms with van der Waals surface area (Å²) in [4.78, 5) is 32.8. The van der Waals surface area contributed by atoms with Crippen molar-refractivity contribution in [1.82, 2.24) is 25.1 Å². The van der Waals surface area contributed by atoms with Crippen molar-refractivity contribution < 1.29 is 9.59 Å². The van der Waals surface area contributed by atoms with Crippen molar-refractivity contribution in [2.45, 2.75) is 17.4 Å². The third kappa shape index (κ3) is 3.75. The molecule has 2 aromatic carbocycles. The third-order valence-electron chi connectivity index (χ3n) is 5.62. The van der Waals surface area contributed by atoms with Crippen LogP contribution in [0.4, 0.5) is 5.69 Å². The van der Waals surface area contributed by atoms with Crippen molar-refractivity contribution >= 4 is 40.2 Å². The highest BCUT2D eigenvalue weighted by molar-refractivity contribution is 7.99. The highest BCUT2D eigenvalue weighted by atomic mass is 32.2. The molecule has 162 valence electrons. The number of benzene rings is 2. The number of carbonyl (C=O) groups is 2. The van der Waals surface area contributed by atoms with E-state index in [0.29, 0.717) is 18.0 Å². The van der Waals surface area contributed by atoms with Gasteiger partial charge in [-0.2, -0.15) is 0 Å². The number of aromatic amines is 1. The maximum absolute atomic E-state index is 13.1. The molecule has 5 rings (SSSR count). The van der Waals surface area contributed by atoms with Gasteiger partial charge in [-0.3, -0.25) is 14.7 Å². The van der Waals surface area contributed by atoms with Crippen LogP contribution in [0.15, 0.2) is 59.6 Å². The molecule has 4 aromatic rings. The number of aryl methyl sites for hydroxylation is 1. The van der Waals surface area contributed by atoms with Crippen LogP contribution in [0.2, 0.25) is 0 Å². The van der Waals surface area contributed by atoms with E-state index >= 15 is 0 Å². The molecule has 3 heterocycles. The van der Waals surface area contributed by atoms with Crippen molar-refractivity contribution in [2.75, 3.05) is 17.7 Å². The number of nitrogens with one attached hydrogen (secondary N) is 2. The van der Waals surface area contributed by atoms with E-state index in [1.807, 2.05) is 55.7 Å². The molecular formula is C23H22N6O2S. The Labute approximate surface area is 189 Å². The molecule has 0 saturated heterocycles. The molecular weight excluding hydrogens is 424 g/mol. The summed E-state index contributed by atoms with van der Waals surface area (Å²) >= 11 is 1.56. The monoisotopic (exact) mass is 446 g/mol. The average Bonchev–Trinajstić information content (AvgIpc) is 3.39. The van der Waals surface area contributed by atoms with Crippen LogP contribution in [0.3, 0.4) is 0 Å². The Kier molecular flexibility index (Phi) is 5.18. The highest BCUT2D eigenvalue weighted by Gasteiger charge is 2.31. The van der Waals surface area contributed by atoms with Crippen molar-refractivity contribution in [3.8, 4) is 0 Å². The van der Waals surface area contributed by atoms with Gasteiger partial charge in [-0.15, -0.1) is 16.9 Å². The predicted molar refractivity (Wildman–Crippen MR) is 124 cm³/mol. The van der Waals surface area contributed by atoms with Crippen molar-refractivity contribution in [3.63, 3.8) is 0 Å². The first-order chi connectivity index (χ1) is 15.5. The fourth-order valence-corrected chi connectivity index (χ4v) is 4.96. The number of hydrogen-bond acceptors (Lipinski definition) is 5. The Balaban J connectivity index is 1.32. The minimum absolute atomic E-state index is 0.0314. The molecule has 2 N–H and O–H groups in total. The predicted octanol–water partition coefficient (Wildman–Crippen LogP) is 2.75. The van der Waals surface area contributed by atoms with E-state index in [-0.39, 0.29) is 11.7 Å². The van der Waals surface area contributed by atoms with Gasteiger partial charge in [0.05, 0.1) is 5.69 Å². The summed E-state index contributed by atoms with van der Waals surface area (Å²) < 4.78 is 2.05. The van der Waals surface area contributed by atoms with Crippen molar-refractivity contribution in [1.29, 1.82) is 0 Å². The number of nitrogens with zero attached hydrogens (tertiary/aromatic N) is 4. The third-order valence-corrected chi connectivity index (χ3v) is 6.75. The topological polar surface area (TPSA) is 95.9 Å². The molecule has 0 bridgehead atoms. The van der Waals surface area contributed by atoms with E-state index in [2.05, 4.69) is 31.1 Å². The second kappa shape index (κ2) is 8.16. The van der Waals surface area contributed by atoms with Gasteiger partial charge >= 0.3 is 0 Å². The molecule has 1 aliphatic heterocycles. The first-order valence-corrected chi connectivity index (χ1v) is 11.2. The number of H-pyrrole nitrogens is 1. The summed E-state index contributed by atoms with van der Waals surface area (Å²) in [6.45, 7) is 0. The molecule has 0 saturated carbocycles. The van der Waals surface area contributed by atoms with Crippen LogP contribution in [0.1, 0.15) is 22.0 Å². The minimum atomic E-state index is -0.677. The lowest BCUT2D eigenvalue weighted by molar-refractivity contribution is -0.119. The van der Waals surface area contributed by atoms with Crippen molar-refractivity contribution in [3.05, 3.63) is 71.9 Å². The largest absolute Gasteiger partial charge is 0.351 e. The van der Waals surface area contributed by atoms with Gasteiger partial charge in [0, 0.05) is 48.3 Å². The normalized spacial score (nSPS) is 16.1. The molecule has 0 aliphatic carbocycles. The zero-order valence-electron chi connectivity index (χ0n) is 17.7. The second-order valence-corrected chi connectivity index (χ2v) is 8.87. The van der Waals surface area contributed by atoms with Gasteiger partial charge < -0.3 is 14.8 Å². The van der Waals surface area contributed by atoms with Gasteiger partial charge in [0.15, 0.2) is 0 Å². The molecule has 0 spiro atoms. The summed E-state index contributed by atoms with van der Waals surface area (Å²) in [5.74, 6) is 0.422. The molecule has 0 unspecified atom stereocenters. The maximum Gasteiger partial charge on any atom is 0.291 e. The molecule has 1 aliphatic rings. The number of likely N-dealkylation sites (N-methyl/N-ethyl adjacent to an activating group) is 1. The summed E-state index contributed by atoms with van der Waals surface area (Å²) in [5.41, 5.74) is 3.02. The Bertz CT molecular complexity index is 1310. The van der Waals surface area contributed by atoms with Crippen LogP contribution in [-0.2, 0) is 18.3 Å². The van der Waals surface area contributed by atoms with Gasteiger partial charge in [0.1, 0.15) is 11.9 Å². The van der Waals surface area contributed by atoms with Crippen LogP contribution < -0.4 is 10.2 Å². The van der Waals surface area contributed by atoms with Crippen molar-refractivity contribution in [2.24, 2.45) is 7.05 Å². The summed E-state index contributed by atoms with van der Waals surface area (Å²) in [5, 5.41) is 10.7. The zero-order valence-corrected chi connectivity index (χ0v) is 18.5. The minimum Gasteiger partial charge on any atom is -0.351 e. The fraction of sp³-hybridized carbons (Fsp3) is 0.217. The van der Waals surface area contributed by atoms with E-state index in [1.54, 1.807) is 23.7 Å². The summed E-state index contributed by atoms with van der Waals surface area (Å²) in [6.07, 6.45) is 2.55. The van der Waals surface area contributed by atoms with E-state index in [4.69, 9.17) is 0 Å². The molecule has 8 nitrogen and oxygen atoms in total. The van der Waals surface area contributed by atoms with Crippen LogP contribution >= 0.6 is 11.8 Å². The number of hydrogen-bond donors (Lipinski definition) is 2. The summed E-state index contributed by atoms with van der Waals surface area (Å²) in [7, 11) is 3.74. The quantitative estimate of drug-likeness (QED) is 0.503. The van der Waals surface area contributed by atoms with Gasteiger partial charge in [0.2, 0.25) is 11.7 Å². The number of fused-ring (bicyclic) bond motifs is 2. The Hall–Kier alpha value is -3.59. The molecule has 0 fully saturated rings. The average molecular weight is 447 g/mol. The highest BCUT2D eigenvalue weighted by Crippen LogP contribution is 2.37. The number of amides is 2. The van der Waals surface area contributed by atoms with Crippen LogP contribution in [-0.4, -0.2) is 50.4 Å². The molecule has 2 amide bonds. The van der Waals surface area contributed by atoms with E-state index in [0.717, 1.165) is 27.0 Å². The molecule has 32 heavy (non-hydrogen) atoms. The van der Waals surface area contributed by atoms with Gasteiger partial charge in [-0.05, 0) is 23.8 Å². The zero-order chi connectivity index (χ0) is 22.2. The molecule has 0 radical (unpaired) electrons. The Morgan fingerprint density at radius 3 is 2.84 bits per heavy atom. The second-order valence-electron chi connectivity index (χ2n) is 7.81. The van der Waals surface area contributed by atoms with Crippen LogP contribution in [0, 0.1) is 0 Å². The van der Waals surface area contributed by atoms with Gasteiger partial charge in [-0.1, -0.05) is 30.3 Å². The lowest BCUT2D eigenvalue weighted by Gasteiger charge is -2.21. The number of aromatic nitrogens is 4. The van der Waals surface area contributed by atoms with Gasteiger partial charge in [-0.25, -0.2) is 4.98 Å². The SMILES string of the molecule is CN1C(=O)[C@@H](NC(=O)c2n[nH]c(Cc3ccccc3)n2)CSc2cc3c(ccn3C)cc21. The number of anilines is 1. The Morgan fingerprint density at radius 1 is 1.22 bits per heavy atom. The fourth-order valence-electron chi connectivity index (χ4n) is 3.85. The first-order valence-electron chi connectivity index (χ1n) is 10.2. The lowest BCUT2D eigenvalue weighted by atomic mass is 10.1. The number of carbonyl (C=O) groups excluding carboxylic acids is 2. The van der Waals surface area contributed by atoms with E-state index < -0.39 is 11.9 Å². The number of thioether (sulfide) groups is 1. The maximum atomic E-state index is 13.1. The summed E-state index contributed by atoms with van der Waals surface area (Å²) in [6, 6.07) is 15.3. The van der Waals surface area contributed by atoms with E-state index in [9.17, 15) is 9.59 Å². The van der Waals surface area contributed by atoms with Gasteiger partial charge in [0.25, 0.3) is 5.91 Å². The molecule has 2 aromatic heterocycles. The number of rotatable bonds is 4. The van der Waals surface area contributed by atoms with Crippen LogP contribution in [0.5, 0.6) is 0 Å². The van der Waals surface area contributed by atoms with Crippen LogP contribution in [0.25, 0.3) is 10.9 Å². The lowest BCUT2D eigenvalue weighted by Crippen LogP contribution is -2.48.